The molecule has 1 heterocycles. The zero-order valence-corrected chi connectivity index (χ0v) is 11.3. The first-order chi connectivity index (χ1) is 8.08. The summed E-state index contributed by atoms with van der Waals surface area (Å²) in [6, 6.07) is 0. The highest BCUT2D eigenvalue weighted by Gasteiger charge is 1.99. The van der Waals surface area contributed by atoms with Crippen LogP contribution in [-0.2, 0) is 6.54 Å². The van der Waals surface area contributed by atoms with Crippen LogP contribution >= 0.6 is 0 Å². The Morgan fingerprint density at radius 2 is 1.71 bits per heavy atom. The summed E-state index contributed by atoms with van der Waals surface area (Å²) >= 11 is 0. The van der Waals surface area contributed by atoms with E-state index in [0.717, 1.165) is 31.1 Å². The first-order valence-corrected chi connectivity index (χ1v) is 6.33. The van der Waals surface area contributed by atoms with Gasteiger partial charge in [-0.15, -0.1) is 0 Å². The van der Waals surface area contributed by atoms with Gasteiger partial charge in [0.15, 0.2) is 0 Å². The fraction of sp³-hybridized carbons (Fsp3) is 0.692. The van der Waals surface area contributed by atoms with Crippen LogP contribution in [0.2, 0.25) is 0 Å². The van der Waals surface area contributed by atoms with Gasteiger partial charge in [0.25, 0.3) is 0 Å². The van der Waals surface area contributed by atoms with Crippen LogP contribution in [0, 0.1) is 11.8 Å². The topological polar surface area (TPSA) is 49.8 Å². The van der Waals surface area contributed by atoms with Crippen molar-refractivity contribution >= 4 is 5.82 Å². The summed E-state index contributed by atoms with van der Waals surface area (Å²) in [5, 5.41) is 6.60. The molecule has 1 rings (SSSR count). The molecule has 0 aliphatic heterocycles. The molecule has 0 radical (unpaired) electrons. The van der Waals surface area contributed by atoms with E-state index in [0.29, 0.717) is 11.8 Å². The van der Waals surface area contributed by atoms with Crippen molar-refractivity contribution in [1.82, 2.24) is 15.3 Å². The number of aromatic nitrogens is 2. The molecule has 0 spiro atoms. The maximum Gasteiger partial charge on any atom is 0.144 e. The average molecular weight is 236 g/mol. The monoisotopic (exact) mass is 236 g/mol. The van der Waals surface area contributed by atoms with Crippen LogP contribution in [-0.4, -0.2) is 23.1 Å². The lowest BCUT2D eigenvalue weighted by Crippen LogP contribution is -2.19. The van der Waals surface area contributed by atoms with E-state index in [2.05, 4.69) is 48.3 Å². The molecule has 96 valence electrons. The molecule has 4 nitrogen and oxygen atoms in total. The molecule has 0 saturated carbocycles. The van der Waals surface area contributed by atoms with Crippen molar-refractivity contribution in [2.24, 2.45) is 11.8 Å². The molecule has 0 aliphatic carbocycles. The van der Waals surface area contributed by atoms with Crippen LogP contribution in [0.15, 0.2) is 12.4 Å². The highest BCUT2D eigenvalue weighted by Crippen LogP contribution is 2.02. The molecule has 0 aromatic carbocycles. The third-order valence-electron chi connectivity index (χ3n) is 2.26. The number of nitrogens with zero attached hydrogens (tertiary/aromatic N) is 2. The first-order valence-electron chi connectivity index (χ1n) is 6.33. The summed E-state index contributed by atoms with van der Waals surface area (Å²) in [6.45, 7) is 11.5. The maximum atomic E-state index is 4.37. The number of rotatable bonds is 7. The van der Waals surface area contributed by atoms with Gasteiger partial charge in [0, 0.05) is 13.1 Å². The number of anilines is 1. The minimum atomic E-state index is 0.615. The molecule has 0 aliphatic rings. The van der Waals surface area contributed by atoms with Crippen molar-refractivity contribution < 1.29 is 0 Å². The van der Waals surface area contributed by atoms with Crippen LogP contribution in [0.4, 0.5) is 5.82 Å². The van der Waals surface area contributed by atoms with E-state index >= 15 is 0 Å². The highest BCUT2D eigenvalue weighted by atomic mass is 15.0. The van der Waals surface area contributed by atoms with E-state index in [1.54, 1.807) is 6.20 Å². The highest BCUT2D eigenvalue weighted by molar-refractivity contribution is 5.30. The smallest absolute Gasteiger partial charge is 0.144 e. The van der Waals surface area contributed by atoms with Crippen LogP contribution in [0.5, 0.6) is 0 Å². The fourth-order valence-corrected chi connectivity index (χ4v) is 1.33. The van der Waals surface area contributed by atoms with Gasteiger partial charge in [-0.2, -0.15) is 0 Å². The van der Waals surface area contributed by atoms with Crippen LogP contribution in [0.1, 0.15) is 33.4 Å². The molecule has 0 saturated heterocycles. The van der Waals surface area contributed by atoms with Crippen molar-refractivity contribution in [3.8, 4) is 0 Å². The van der Waals surface area contributed by atoms with Crippen LogP contribution in [0.3, 0.4) is 0 Å². The van der Waals surface area contributed by atoms with Crippen LogP contribution in [0.25, 0.3) is 0 Å². The molecule has 0 fully saturated rings. The predicted molar refractivity (Wildman–Crippen MR) is 71.9 cm³/mol. The molecule has 1 aromatic heterocycles. The van der Waals surface area contributed by atoms with Crippen molar-refractivity contribution in [2.75, 3.05) is 18.4 Å². The molecule has 4 heteroatoms. The minimum absolute atomic E-state index is 0.615. The van der Waals surface area contributed by atoms with Gasteiger partial charge in [-0.25, -0.2) is 4.98 Å². The summed E-state index contributed by atoms with van der Waals surface area (Å²) in [5.41, 5.74) is 0.987. The molecule has 17 heavy (non-hydrogen) atoms. The van der Waals surface area contributed by atoms with E-state index in [4.69, 9.17) is 0 Å². The summed E-state index contributed by atoms with van der Waals surface area (Å²) < 4.78 is 0. The van der Waals surface area contributed by atoms with Crippen molar-refractivity contribution in [2.45, 2.75) is 34.2 Å². The third-order valence-corrected chi connectivity index (χ3v) is 2.26. The Balaban J connectivity index is 2.34. The lowest BCUT2D eigenvalue weighted by Gasteiger charge is -2.09. The molecule has 0 bridgehead atoms. The lowest BCUT2D eigenvalue weighted by molar-refractivity contribution is 0.547. The first kappa shape index (κ1) is 13.9. The Morgan fingerprint density at radius 3 is 2.24 bits per heavy atom. The van der Waals surface area contributed by atoms with Crippen molar-refractivity contribution in [3.63, 3.8) is 0 Å². The molecule has 2 N–H and O–H groups in total. The van der Waals surface area contributed by atoms with E-state index in [1.165, 1.54) is 0 Å². The predicted octanol–water partition coefficient (Wildman–Crippen LogP) is 2.29. The van der Waals surface area contributed by atoms with E-state index in [9.17, 15) is 0 Å². The minimum Gasteiger partial charge on any atom is -0.369 e. The third kappa shape index (κ3) is 6.22. The Labute approximate surface area is 104 Å². The normalized spacial score (nSPS) is 11.2. The second-order valence-corrected chi connectivity index (χ2v) is 5.19. The van der Waals surface area contributed by atoms with Gasteiger partial charge in [-0.3, -0.25) is 4.98 Å². The summed E-state index contributed by atoms with van der Waals surface area (Å²) in [5.74, 6) is 2.13. The van der Waals surface area contributed by atoms with E-state index in [1.807, 2.05) is 6.20 Å². The van der Waals surface area contributed by atoms with Crippen molar-refractivity contribution in [1.29, 1.82) is 0 Å². The van der Waals surface area contributed by atoms with Gasteiger partial charge < -0.3 is 10.6 Å². The molecular weight excluding hydrogens is 212 g/mol. The van der Waals surface area contributed by atoms with Gasteiger partial charge in [0.2, 0.25) is 0 Å². The summed E-state index contributed by atoms with van der Waals surface area (Å²) in [7, 11) is 0. The quantitative estimate of drug-likeness (QED) is 0.762. The van der Waals surface area contributed by atoms with Gasteiger partial charge in [0.1, 0.15) is 5.82 Å². The van der Waals surface area contributed by atoms with E-state index < -0.39 is 0 Å². The van der Waals surface area contributed by atoms with Gasteiger partial charge >= 0.3 is 0 Å². The Bertz CT molecular complexity index is 306. The summed E-state index contributed by atoms with van der Waals surface area (Å²) in [4.78, 5) is 8.70. The second kappa shape index (κ2) is 7.22. The van der Waals surface area contributed by atoms with Gasteiger partial charge in [-0.1, -0.05) is 27.7 Å². The SMILES string of the molecule is CC(C)CNCc1cnc(NCC(C)C)cn1. The Kier molecular flexibility index (Phi) is 5.91. The largest absolute Gasteiger partial charge is 0.369 e. The zero-order valence-electron chi connectivity index (χ0n) is 11.3. The average Bonchev–Trinajstić information content (AvgIpc) is 2.27. The fourth-order valence-electron chi connectivity index (χ4n) is 1.33. The Hall–Kier alpha value is -1.16. The molecular formula is C13H24N4. The number of hydrogen-bond acceptors (Lipinski definition) is 4. The van der Waals surface area contributed by atoms with Gasteiger partial charge in [-0.05, 0) is 18.4 Å². The standard InChI is InChI=1S/C13H24N4/c1-10(2)5-14-7-12-8-17-13(9-15-12)16-6-11(3)4/h8-11,14H,5-7H2,1-4H3,(H,16,17). The lowest BCUT2D eigenvalue weighted by atomic mass is 10.2. The van der Waals surface area contributed by atoms with Crippen LogP contribution < -0.4 is 10.6 Å². The van der Waals surface area contributed by atoms with E-state index in [-0.39, 0.29) is 0 Å². The van der Waals surface area contributed by atoms with Gasteiger partial charge in [0.05, 0.1) is 18.1 Å². The van der Waals surface area contributed by atoms with Crippen molar-refractivity contribution in [3.05, 3.63) is 18.1 Å². The molecule has 0 atom stereocenters. The molecule has 1 aromatic rings. The second-order valence-electron chi connectivity index (χ2n) is 5.19. The molecule has 0 amide bonds. The number of nitrogens with one attached hydrogen (secondary N) is 2. The number of hydrogen-bond donors (Lipinski definition) is 2. The zero-order chi connectivity index (χ0) is 12.7. The molecule has 0 unspecified atom stereocenters. The summed E-state index contributed by atoms with van der Waals surface area (Å²) in [6.07, 6.45) is 3.63. The Morgan fingerprint density at radius 1 is 1.00 bits per heavy atom. The maximum absolute atomic E-state index is 4.37.